The molecule has 0 saturated carbocycles. The lowest BCUT2D eigenvalue weighted by Crippen LogP contribution is -2.52. The lowest BCUT2D eigenvalue weighted by atomic mass is 9.95. The van der Waals surface area contributed by atoms with Crippen LogP contribution in [0.15, 0.2) is 41.6 Å². The smallest absolute Gasteiger partial charge is 0.241 e. The molecule has 2 amide bonds. The first-order chi connectivity index (χ1) is 16.5. The fourth-order valence-electron chi connectivity index (χ4n) is 4.10. The predicted molar refractivity (Wildman–Crippen MR) is 133 cm³/mol. The standard InChI is InChI=1S/C22H24Cl2N6O4S/c23-15-9-14(10-16(24)20(15)25)35(33,34)29-19(8-12-1-2-17-18(7-12)28-11-27-17)22(32)30-5-3-13(4-6-30)21(26)31/h1-2,7,9-11,13,19,29H,3-6,8,25H2,(H2,26,31)(H,27,28). The van der Waals surface area contributed by atoms with Crippen LogP contribution in [0.4, 0.5) is 5.69 Å². The van der Waals surface area contributed by atoms with Gasteiger partial charge in [0.15, 0.2) is 0 Å². The molecule has 186 valence electrons. The molecule has 1 fully saturated rings. The summed E-state index contributed by atoms with van der Waals surface area (Å²) in [7, 11) is -4.20. The van der Waals surface area contributed by atoms with Gasteiger partial charge in [0.1, 0.15) is 6.04 Å². The van der Waals surface area contributed by atoms with Gasteiger partial charge in [0.2, 0.25) is 21.8 Å². The first kappa shape index (κ1) is 25.2. The molecule has 0 bridgehead atoms. The van der Waals surface area contributed by atoms with Crippen molar-refractivity contribution in [2.45, 2.75) is 30.2 Å². The van der Waals surface area contributed by atoms with Gasteiger partial charge in [-0.05, 0) is 49.1 Å². The minimum Gasteiger partial charge on any atom is -0.396 e. The number of nitrogens with one attached hydrogen (secondary N) is 2. The van der Waals surface area contributed by atoms with E-state index in [0.29, 0.717) is 25.9 Å². The van der Waals surface area contributed by atoms with Gasteiger partial charge < -0.3 is 21.4 Å². The third kappa shape index (κ3) is 5.53. The summed E-state index contributed by atoms with van der Waals surface area (Å²) in [6, 6.07) is 6.63. The van der Waals surface area contributed by atoms with E-state index in [2.05, 4.69) is 14.7 Å². The normalized spacial score (nSPS) is 15.9. The van der Waals surface area contributed by atoms with E-state index in [1.165, 1.54) is 12.1 Å². The zero-order chi connectivity index (χ0) is 25.3. The number of rotatable bonds is 7. The molecule has 6 N–H and O–H groups in total. The summed E-state index contributed by atoms with van der Waals surface area (Å²) < 4.78 is 29.0. The fraction of sp³-hybridized carbons (Fsp3) is 0.318. The largest absolute Gasteiger partial charge is 0.396 e. The number of nitrogens with two attached hydrogens (primary N) is 2. The third-order valence-corrected chi connectivity index (χ3v) is 8.17. The lowest BCUT2D eigenvalue weighted by molar-refractivity contribution is -0.136. The Bertz CT molecular complexity index is 1360. The summed E-state index contributed by atoms with van der Waals surface area (Å²) >= 11 is 12.1. The second-order valence-corrected chi connectivity index (χ2v) is 11.0. The highest BCUT2D eigenvalue weighted by atomic mass is 35.5. The van der Waals surface area contributed by atoms with Crippen LogP contribution in [-0.4, -0.2) is 54.2 Å². The van der Waals surface area contributed by atoms with Crippen LogP contribution in [0.5, 0.6) is 0 Å². The highest BCUT2D eigenvalue weighted by Crippen LogP contribution is 2.31. The zero-order valence-electron chi connectivity index (χ0n) is 18.5. The number of nitrogens with zero attached hydrogens (tertiary/aromatic N) is 2. The highest BCUT2D eigenvalue weighted by Gasteiger charge is 2.33. The molecule has 0 aliphatic carbocycles. The average Bonchev–Trinajstić information content (AvgIpc) is 3.29. The monoisotopic (exact) mass is 538 g/mol. The number of fused-ring (bicyclic) bond motifs is 1. The van der Waals surface area contributed by atoms with E-state index in [1.54, 1.807) is 23.4 Å². The molecule has 35 heavy (non-hydrogen) atoms. The van der Waals surface area contributed by atoms with Gasteiger partial charge in [-0.2, -0.15) is 4.72 Å². The summed E-state index contributed by atoms with van der Waals surface area (Å²) in [5.41, 5.74) is 13.4. The summed E-state index contributed by atoms with van der Waals surface area (Å²) in [6.07, 6.45) is 2.48. The van der Waals surface area contributed by atoms with Gasteiger partial charge in [0.25, 0.3) is 0 Å². The van der Waals surface area contributed by atoms with Crippen LogP contribution in [0.2, 0.25) is 10.0 Å². The third-order valence-electron chi connectivity index (χ3n) is 6.09. The molecule has 10 nitrogen and oxygen atoms in total. The number of likely N-dealkylation sites (tertiary alicyclic amines) is 1. The number of amides is 2. The van der Waals surface area contributed by atoms with Gasteiger partial charge in [-0.25, -0.2) is 13.4 Å². The number of anilines is 1. The van der Waals surface area contributed by atoms with E-state index in [0.717, 1.165) is 16.6 Å². The molecule has 1 saturated heterocycles. The molecule has 0 radical (unpaired) electrons. The summed E-state index contributed by atoms with van der Waals surface area (Å²) in [4.78, 5) is 33.5. The van der Waals surface area contributed by atoms with Crippen molar-refractivity contribution in [1.82, 2.24) is 19.6 Å². The molecule has 0 spiro atoms. The maximum atomic E-state index is 13.5. The number of piperidine rings is 1. The Hall–Kier alpha value is -2.86. The molecule has 2 aromatic carbocycles. The van der Waals surface area contributed by atoms with Crippen LogP contribution in [-0.2, 0) is 26.0 Å². The second kappa shape index (κ2) is 10.0. The van der Waals surface area contributed by atoms with Crippen LogP contribution in [0.3, 0.4) is 0 Å². The molecule has 4 rings (SSSR count). The van der Waals surface area contributed by atoms with Gasteiger partial charge in [0, 0.05) is 19.0 Å². The van der Waals surface area contributed by atoms with E-state index in [4.69, 9.17) is 34.7 Å². The molecular formula is C22H24Cl2N6O4S. The number of hydrogen-bond donors (Lipinski definition) is 4. The minimum atomic E-state index is -4.20. The molecule has 1 atom stereocenters. The summed E-state index contributed by atoms with van der Waals surface area (Å²) in [6.45, 7) is 0.591. The Morgan fingerprint density at radius 3 is 2.46 bits per heavy atom. The van der Waals surface area contributed by atoms with Crippen LogP contribution in [0.1, 0.15) is 18.4 Å². The van der Waals surface area contributed by atoms with Gasteiger partial charge in [-0.3, -0.25) is 9.59 Å². The Kier molecular flexibility index (Phi) is 7.22. The minimum absolute atomic E-state index is 0.0148. The first-order valence-electron chi connectivity index (χ1n) is 10.8. The van der Waals surface area contributed by atoms with E-state index in [1.807, 2.05) is 6.07 Å². The number of carbonyl (C=O) groups excluding carboxylic acids is 2. The number of benzene rings is 2. The summed E-state index contributed by atoms with van der Waals surface area (Å²) in [5, 5.41) is -0.0297. The number of hydrogen-bond acceptors (Lipinski definition) is 6. The molecule has 1 aromatic heterocycles. The van der Waals surface area contributed by atoms with E-state index in [-0.39, 0.29) is 33.0 Å². The molecule has 1 aliphatic heterocycles. The topological polar surface area (TPSA) is 164 Å². The molecule has 1 unspecified atom stereocenters. The molecule has 3 aromatic rings. The Labute approximate surface area is 212 Å². The van der Waals surface area contributed by atoms with Crippen LogP contribution >= 0.6 is 23.2 Å². The number of halogens is 2. The Balaban J connectivity index is 1.62. The second-order valence-electron chi connectivity index (χ2n) is 8.43. The van der Waals surface area contributed by atoms with Crippen molar-refractivity contribution in [2.24, 2.45) is 11.7 Å². The number of aromatic nitrogens is 2. The quantitative estimate of drug-likeness (QED) is 0.336. The van der Waals surface area contributed by atoms with Crippen molar-refractivity contribution in [3.63, 3.8) is 0 Å². The Morgan fingerprint density at radius 2 is 1.83 bits per heavy atom. The van der Waals surface area contributed by atoms with Crippen LogP contribution < -0.4 is 16.2 Å². The molecule has 1 aliphatic rings. The molecule has 13 heteroatoms. The number of H-pyrrole nitrogens is 1. The number of aromatic amines is 1. The number of imidazole rings is 1. The zero-order valence-corrected chi connectivity index (χ0v) is 20.8. The van der Waals surface area contributed by atoms with Crippen molar-refractivity contribution < 1.29 is 18.0 Å². The average molecular weight is 539 g/mol. The van der Waals surface area contributed by atoms with Crippen molar-refractivity contribution >= 4 is 61.8 Å². The van der Waals surface area contributed by atoms with Gasteiger partial charge in [-0.1, -0.05) is 29.3 Å². The van der Waals surface area contributed by atoms with Crippen LogP contribution in [0, 0.1) is 5.92 Å². The highest BCUT2D eigenvalue weighted by molar-refractivity contribution is 7.89. The first-order valence-corrected chi connectivity index (χ1v) is 13.1. The number of sulfonamides is 1. The number of carbonyl (C=O) groups is 2. The van der Waals surface area contributed by atoms with Crippen molar-refractivity contribution in [3.05, 3.63) is 52.3 Å². The number of primary amides is 1. The SMILES string of the molecule is NC(=O)C1CCN(C(=O)C(Cc2ccc3nc[nH]c3c2)NS(=O)(=O)c2cc(Cl)c(N)c(Cl)c2)CC1. The van der Waals surface area contributed by atoms with E-state index in [9.17, 15) is 18.0 Å². The Morgan fingerprint density at radius 1 is 1.17 bits per heavy atom. The maximum Gasteiger partial charge on any atom is 0.241 e. The number of nitrogen functional groups attached to an aromatic ring is 1. The van der Waals surface area contributed by atoms with Crippen molar-refractivity contribution in [1.29, 1.82) is 0 Å². The van der Waals surface area contributed by atoms with Crippen LogP contribution in [0.25, 0.3) is 11.0 Å². The fourth-order valence-corrected chi connectivity index (χ4v) is 5.96. The summed E-state index contributed by atoms with van der Waals surface area (Å²) in [5.74, 6) is -1.12. The van der Waals surface area contributed by atoms with E-state index >= 15 is 0 Å². The van der Waals surface area contributed by atoms with Crippen molar-refractivity contribution in [3.8, 4) is 0 Å². The van der Waals surface area contributed by atoms with Gasteiger partial charge >= 0.3 is 0 Å². The maximum absolute atomic E-state index is 13.5. The van der Waals surface area contributed by atoms with Gasteiger partial charge in [-0.15, -0.1) is 0 Å². The predicted octanol–water partition coefficient (Wildman–Crippen LogP) is 2.07. The van der Waals surface area contributed by atoms with Crippen molar-refractivity contribution in [2.75, 3.05) is 18.8 Å². The molecular weight excluding hydrogens is 515 g/mol. The lowest BCUT2D eigenvalue weighted by Gasteiger charge is -2.33. The molecule has 2 heterocycles. The van der Waals surface area contributed by atoms with E-state index < -0.39 is 27.9 Å². The van der Waals surface area contributed by atoms with Gasteiger partial charge in [0.05, 0.1) is 38.0 Å².